The van der Waals surface area contributed by atoms with Crippen molar-refractivity contribution >= 4 is 46.5 Å². The molecular weight excluding hydrogens is 382 g/mol. The monoisotopic (exact) mass is 399 g/mol. The Balaban J connectivity index is 1.90. The molecule has 0 saturated carbocycles. The number of nitrogen functional groups attached to an aromatic ring is 1. The second kappa shape index (κ2) is 7.17. The van der Waals surface area contributed by atoms with Crippen LogP contribution in [0.5, 0.6) is 0 Å². The summed E-state index contributed by atoms with van der Waals surface area (Å²) in [6.07, 6.45) is 4.36. The lowest BCUT2D eigenvalue weighted by atomic mass is 10.1. The number of nitrogens with zero attached hydrogens (tertiary/aromatic N) is 1. The van der Waals surface area contributed by atoms with Crippen LogP contribution in [0.15, 0.2) is 41.4 Å². The molecule has 0 unspecified atom stereocenters. The molecular formula is C19H18ClN5OS. The van der Waals surface area contributed by atoms with Crippen molar-refractivity contribution in [2.45, 2.75) is 11.3 Å². The number of hydrogen-bond acceptors (Lipinski definition) is 5. The minimum Gasteiger partial charge on any atom is -0.384 e. The summed E-state index contributed by atoms with van der Waals surface area (Å²) in [6, 6.07) is 9.33. The van der Waals surface area contributed by atoms with Gasteiger partial charge in [0.1, 0.15) is 5.82 Å². The van der Waals surface area contributed by atoms with Gasteiger partial charge in [-0.1, -0.05) is 17.7 Å². The molecule has 0 bridgehead atoms. The van der Waals surface area contributed by atoms with Gasteiger partial charge < -0.3 is 21.4 Å². The largest absolute Gasteiger partial charge is 0.384 e. The first-order valence-corrected chi connectivity index (χ1v) is 10.0. The number of carbonyl (C=O) groups is 1. The third-order valence-corrected chi connectivity index (χ3v) is 5.74. The summed E-state index contributed by atoms with van der Waals surface area (Å²) < 4.78 is 0. The minimum absolute atomic E-state index is 0.101. The van der Waals surface area contributed by atoms with Crippen LogP contribution in [0.1, 0.15) is 16.1 Å². The van der Waals surface area contributed by atoms with E-state index in [0.29, 0.717) is 28.6 Å². The van der Waals surface area contributed by atoms with Crippen LogP contribution in [0.4, 0.5) is 17.2 Å². The quantitative estimate of drug-likeness (QED) is 0.496. The number of fused-ring (bicyclic) bond motifs is 1. The number of aromatic nitrogens is 2. The highest BCUT2D eigenvalue weighted by molar-refractivity contribution is 7.98. The number of thioether (sulfide) groups is 1. The molecule has 0 spiro atoms. The van der Waals surface area contributed by atoms with Crippen molar-refractivity contribution in [3.05, 3.63) is 52.8 Å². The maximum absolute atomic E-state index is 12.6. The summed E-state index contributed by atoms with van der Waals surface area (Å²) in [5.74, 6) is 0.319. The molecule has 138 valence electrons. The predicted molar refractivity (Wildman–Crippen MR) is 111 cm³/mol. The Labute approximate surface area is 165 Å². The predicted octanol–water partition coefficient (Wildman–Crippen LogP) is 4.06. The SMILES string of the molecule is CSc1c(Cl)cccc1Nc1c(-c2ccnc(N)c2)[nH]c2c1C(=O)NCC2. The zero-order valence-corrected chi connectivity index (χ0v) is 16.2. The lowest BCUT2D eigenvalue weighted by Gasteiger charge is -2.17. The molecule has 8 heteroatoms. The van der Waals surface area contributed by atoms with Gasteiger partial charge in [-0.2, -0.15) is 0 Å². The first-order valence-electron chi connectivity index (χ1n) is 8.43. The molecule has 1 aromatic carbocycles. The minimum atomic E-state index is -0.101. The molecule has 1 aliphatic rings. The standard InChI is InChI=1S/C19H18ClN5OS/c1-27-18-11(20)3-2-4-13(18)25-17-15-12(6-8-23-19(15)26)24-16(17)10-5-7-22-14(21)9-10/h2-5,7,9,24-25H,6,8H2,1H3,(H2,21,22)(H,23,26). The van der Waals surface area contributed by atoms with Crippen LogP contribution in [0.3, 0.4) is 0 Å². The van der Waals surface area contributed by atoms with Crippen LogP contribution in [0.2, 0.25) is 5.02 Å². The van der Waals surface area contributed by atoms with Gasteiger partial charge in [0.15, 0.2) is 0 Å². The molecule has 0 aliphatic carbocycles. The Hall–Kier alpha value is -2.64. The molecule has 3 heterocycles. The molecule has 0 fully saturated rings. The number of halogens is 1. The van der Waals surface area contributed by atoms with Gasteiger partial charge in [0.2, 0.25) is 0 Å². The Morgan fingerprint density at radius 1 is 1.33 bits per heavy atom. The number of hydrogen-bond donors (Lipinski definition) is 4. The Morgan fingerprint density at radius 3 is 2.96 bits per heavy atom. The molecule has 0 radical (unpaired) electrons. The van der Waals surface area contributed by atoms with E-state index in [9.17, 15) is 4.79 Å². The molecule has 1 amide bonds. The summed E-state index contributed by atoms with van der Waals surface area (Å²) in [5, 5.41) is 7.01. The zero-order valence-electron chi connectivity index (χ0n) is 14.6. The highest BCUT2D eigenvalue weighted by Gasteiger charge is 2.27. The van der Waals surface area contributed by atoms with Crippen molar-refractivity contribution in [1.29, 1.82) is 0 Å². The smallest absolute Gasteiger partial charge is 0.255 e. The molecule has 2 aromatic heterocycles. The number of nitrogens with two attached hydrogens (primary N) is 1. The number of H-pyrrole nitrogens is 1. The van der Waals surface area contributed by atoms with Crippen LogP contribution >= 0.6 is 23.4 Å². The zero-order chi connectivity index (χ0) is 19.0. The van der Waals surface area contributed by atoms with Crippen LogP contribution < -0.4 is 16.4 Å². The van der Waals surface area contributed by atoms with Gasteiger partial charge in [0.05, 0.1) is 27.7 Å². The second-order valence-corrected chi connectivity index (χ2v) is 7.37. The lowest BCUT2D eigenvalue weighted by Crippen LogP contribution is -2.31. The number of anilines is 3. The number of benzene rings is 1. The third-order valence-electron chi connectivity index (χ3n) is 4.47. The number of pyridine rings is 1. The first-order chi connectivity index (χ1) is 13.1. The van der Waals surface area contributed by atoms with Crippen molar-refractivity contribution < 1.29 is 4.79 Å². The Bertz CT molecular complexity index is 1030. The fraction of sp³-hybridized carbons (Fsp3) is 0.158. The van der Waals surface area contributed by atoms with Crippen LogP contribution in [-0.2, 0) is 6.42 Å². The third kappa shape index (κ3) is 3.24. The van der Waals surface area contributed by atoms with E-state index >= 15 is 0 Å². The van der Waals surface area contributed by atoms with E-state index < -0.39 is 0 Å². The molecule has 27 heavy (non-hydrogen) atoms. The number of aromatic amines is 1. The summed E-state index contributed by atoms with van der Waals surface area (Å²) in [7, 11) is 0. The van der Waals surface area contributed by atoms with Crippen molar-refractivity contribution in [1.82, 2.24) is 15.3 Å². The normalized spacial score (nSPS) is 13.2. The van der Waals surface area contributed by atoms with E-state index in [1.165, 1.54) is 0 Å². The fourth-order valence-electron chi connectivity index (χ4n) is 3.27. The molecule has 1 aliphatic heterocycles. The number of rotatable bonds is 4. The van der Waals surface area contributed by atoms with Crippen LogP contribution in [-0.4, -0.2) is 28.7 Å². The highest BCUT2D eigenvalue weighted by Crippen LogP contribution is 2.40. The van der Waals surface area contributed by atoms with E-state index in [0.717, 1.165) is 34.0 Å². The van der Waals surface area contributed by atoms with Crippen molar-refractivity contribution in [3.8, 4) is 11.3 Å². The van der Waals surface area contributed by atoms with E-state index in [-0.39, 0.29) is 5.91 Å². The van der Waals surface area contributed by atoms with E-state index in [2.05, 4.69) is 20.6 Å². The molecule has 0 saturated heterocycles. The number of nitrogens with one attached hydrogen (secondary N) is 3. The maximum Gasteiger partial charge on any atom is 0.255 e. The highest BCUT2D eigenvalue weighted by atomic mass is 35.5. The van der Waals surface area contributed by atoms with Gasteiger partial charge in [0.25, 0.3) is 5.91 Å². The van der Waals surface area contributed by atoms with Gasteiger partial charge in [-0.3, -0.25) is 4.79 Å². The Kier molecular flexibility index (Phi) is 4.72. The van der Waals surface area contributed by atoms with Gasteiger partial charge in [-0.25, -0.2) is 4.98 Å². The summed E-state index contributed by atoms with van der Waals surface area (Å²) in [5.41, 5.74) is 10.6. The second-order valence-electron chi connectivity index (χ2n) is 6.15. The molecule has 6 nitrogen and oxygen atoms in total. The number of carbonyl (C=O) groups excluding carboxylic acids is 1. The average molecular weight is 400 g/mol. The van der Waals surface area contributed by atoms with Crippen LogP contribution in [0, 0.1) is 0 Å². The molecule has 0 atom stereocenters. The average Bonchev–Trinajstić information content (AvgIpc) is 3.02. The molecule has 4 rings (SSSR count). The fourth-order valence-corrected chi connectivity index (χ4v) is 4.28. The van der Waals surface area contributed by atoms with Crippen molar-refractivity contribution in [3.63, 3.8) is 0 Å². The Morgan fingerprint density at radius 2 is 2.19 bits per heavy atom. The topological polar surface area (TPSA) is 95.8 Å². The summed E-state index contributed by atoms with van der Waals surface area (Å²) >= 11 is 7.90. The summed E-state index contributed by atoms with van der Waals surface area (Å²) in [6.45, 7) is 0.608. The van der Waals surface area contributed by atoms with Crippen molar-refractivity contribution in [2.75, 3.05) is 23.9 Å². The van der Waals surface area contributed by atoms with Crippen LogP contribution in [0.25, 0.3) is 11.3 Å². The first kappa shape index (κ1) is 17.8. The van der Waals surface area contributed by atoms with Gasteiger partial charge >= 0.3 is 0 Å². The van der Waals surface area contributed by atoms with E-state index in [4.69, 9.17) is 17.3 Å². The van der Waals surface area contributed by atoms with Gasteiger partial charge in [0, 0.05) is 35.3 Å². The number of amides is 1. The lowest BCUT2D eigenvalue weighted by molar-refractivity contribution is 0.0947. The van der Waals surface area contributed by atoms with Gasteiger partial charge in [-0.15, -0.1) is 11.8 Å². The molecule has 3 aromatic rings. The summed E-state index contributed by atoms with van der Waals surface area (Å²) in [4.78, 5) is 21.0. The van der Waals surface area contributed by atoms with Crippen molar-refractivity contribution in [2.24, 2.45) is 0 Å². The maximum atomic E-state index is 12.6. The van der Waals surface area contributed by atoms with Gasteiger partial charge in [-0.05, 0) is 30.5 Å². The molecule has 5 N–H and O–H groups in total. The van der Waals surface area contributed by atoms with E-state index in [1.54, 1.807) is 24.0 Å². The van der Waals surface area contributed by atoms with E-state index in [1.807, 2.05) is 30.5 Å².